The largest absolute Gasteiger partial charge is 0.507 e. The fourth-order valence-corrected chi connectivity index (χ4v) is 4.28. The Morgan fingerprint density at radius 2 is 2.00 bits per heavy atom. The highest BCUT2D eigenvalue weighted by atomic mass is 16.5. The van der Waals surface area contributed by atoms with Gasteiger partial charge in [-0.2, -0.15) is 5.10 Å². The van der Waals surface area contributed by atoms with E-state index in [9.17, 15) is 14.7 Å². The van der Waals surface area contributed by atoms with Crippen molar-refractivity contribution in [3.63, 3.8) is 0 Å². The van der Waals surface area contributed by atoms with Crippen molar-refractivity contribution in [1.82, 2.24) is 25.0 Å². The Kier molecular flexibility index (Phi) is 6.15. The number of aromatic amines is 1. The number of H-pyrrole nitrogens is 1. The number of hydrogen-bond donors (Lipinski definition) is 2. The first kappa shape index (κ1) is 21.2. The Bertz CT molecular complexity index is 975. The van der Waals surface area contributed by atoms with E-state index in [-0.39, 0.29) is 11.3 Å². The molecule has 2 fully saturated rings. The average molecular weight is 425 g/mol. The third-order valence-corrected chi connectivity index (χ3v) is 5.85. The van der Waals surface area contributed by atoms with Crippen molar-refractivity contribution in [2.24, 2.45) is 0 Å². The SMILES string of the molecule is Cc1n[nH]c(C)c1C(O)=C1C(=O)C(=O)N(CCCN2CCOCC2)[C@H]1c1ccccn1. The van der Waals surface area contributed by atoms with Crippen LogP contribution in [0.1, 0.15) is 35.1 Å². The van der Waals surface area contributed by atoms with Gasteiger partial charge in [0.2, 0.25) is 0 Å². The molecular formula is C22H27N5O4. The van der Waals surface area contributed by atoms with Gasteiger partial charge >= 0.3 is 0 Å². The molecule has 0 spiro atoms. The zero-order valence-electron chi connectivity index (χ0n) is 17.8. The van der Waals surface area contributed by atoms with Gasteiger partial charge in [-0.1, -0.05) is 6.07 Å². The van der Waals surface area contributed by atoms with Crippen LogP contribution in [0.2, 0.25) is 0 Å². The van der Waals surface area contributed by atoms with Gasteiger partial charge in [0.05, 0.1) is 35.7 Å². The molecule has 164 valence electrons. The maximum absolute atomic E-state index is 13.0. The molecule has 2 aromatic heterocycles. The Morgan fingerprint density at radius 3 is 2.65 bits per heavy atom. The van der Waals surface area contributed by atoms with Gasteiger partial charge in [0.1, 0.15) is 11.8 Å². The Hall–Kier alpha value is -3.04. The summed E-state index contributed by atoms with van der Waals surface area (Å²) in [6.07, 6.45) is 2.33. The lowest BCUT2D eigenvalue weighted by Gasteiger charge is -2.28. The molecule has 9 heteroatoms. The number of pyridine rings is 1. The van der Waals surface area contributed by atoms with Gasteiger partial charge in [0, 0.05) is 38.1 Å². The summed E-state index contributed by atoms with van der Waals surface area (Å²) in [6.45, 7) is 7.85. The normalized spacial score (nSPS) is 21.7. The van der Waals surface area contributed by atoms with E-state index in [2.05, 4.69) is 20.1 Å². The lowest BCUT2D eigenvalue weighted by atomic mass is 9.97. The summed E-state index contributed by atoms with van der Waals surface area (Å²) in [7, 11) is 0. The highest BCUT2D eigenvalue weighted by Crippen LogP contribution is 2.39. The van der Waals surface area contributed by atoms with Crippen LogP contribution < -0.4 is 0 Å². The van der Waals surface area contributed by atoms with Crippen molar-refractivity contribution >= 4 is 17.4 Å². The number of rotatable bonds is 6. The molecule has 2 aliphatic heterocycles. The van der Waals surface area contributed by atoms with Crippen molar-refractivity contribution in [3.05, 3.63) is 52.6 Å². The lowest BCUT2D eigenvalue weighted by molar-refractivity contribution is -0.140. The van der Waals surface area contributed by atoms with E-state index in [0.29, 0.717) is 48.8 Å². The molecule has 0 saturated carbocycles. The highest BCUT2D eigenvalue weighted by molar-refractivity contribution is 6.46. The van der Waals surface area contributed by atoms with Crippen molar-refractivity contribution in [2.45, 2.75) is 26.3 Å². The van der Waals surface area contributed by atoms with Crippen LogP contribution in [-0.2, 0) is 14.3 Å². The van der Waals surface area contributed by atoms with Gasteiger partial charge in [-0.3, -0.25) is 24.6 Å². The second-order valence-corrected chi connectivity index (χ2v) is 7.86. The van der Waals surface area contributed by atoms with E-state index in [1.807, 2.05) is 6.07 Å². The summed E-state index contributed by atoms with van der Waals surface area (Å²) in [5.74, 6) is -1.52. The van der Waals surface area contributed by atoms with Gasteiger partial charge < -0.3 is 14.7 Å². The maximum atomic E-state index is 13.0. The van der Waals surface area contributed by atoms with E-state index in [1.54, 1.807) is 32.2 Å². The van der Waals surface area contributed by atoms with Crippen LogP contribution >= 0.6 is 0 Å². The predicted octanol–water partition coefficient (Wildman–Crippen LogP) is 1.57. The molecular weight excluding hydrogens is 398 g/mol. The minimum Gasteiger partial charge on any atom is -0.507 e. The zero-order chi connectivity index (χ0) is 22.0. The summed E-state index contributed by atoms with van der Waals surface area (Å²) in [5, 5.41) is 18.0. The van der Waals surface area contributed by atoms with Crippen LogP contribution in [0.4, 0.5) is 0 Å². The molecule has 0 bridgehead atoms. The number of likely N-dealkylation sites (tertiary alicyclic amines) is 1. The number of carbonyl (C=O) groups is 2. The van der Waals surface area contributed by atoms with Gasteiger partial charge in [-0.15, -0.1) is 0 Å². The molecule has 31 heavy (non-hydrogen) atoms. The maximum Gasteiger partial charge on any atom is 0.295 e. The third kappa shape index (κ3) is 4.11. The lowest BCUT2D eigenvalue weighted by Crippen LogP contribution is -2.39. The van der Waals surface area contributed by atoms with Crippen LogP contribution in [0.3, 0.4) is 0 Å². The summed E-state index contributed by atoms with van der Waals surface area (Å²) in [5.41, 5.74) is 2.25. The van der Waals surface area contributed by atoms with Crippen LogP contribution in [0.5, 0.6) is 0 Å². The number of morpholine rings is 1. The first-order chi connectivity index (χ1) is 15.0. The molecule has 2 aliphatic rings. The molecule has 0 radical (unpaired) electrons. The predicted molar refractivity (Wildman–Crippen MR) is 113 cm³/mol. The molecule has 0 aliphatic carbocycles. The fourth-order valence-electron chi connectivity index (χ4n) is 4.28. The number of nitrogens with zero attached hydrogens (tertiary/aromatic N) is 4. The average Bonchev–Trinajstić information content (AvgIpc) is 3.25. The number of carbonyl (C=O) groups excluding carboxylic acids is 2. The summed E-state index contributed by atoms with van der Waals surface area (Å²) in [4.78, 5) is 34.2. The summed E-state index contributed by atoms with van der Waals surface area (Å²) >= 11 is 0. The van der Waals surface area contributed by atoms with Crippen LogP contribution in [0, 0.1) is 13.8 Å². The molecule has 0 aromatic carbocycles. The van der Waals surface area contributed by atoms with Crippen LogP contribution in [0.15, 0.2) is 30.0 Å². The second-order valence-electron chi connectivity index (χ2n) is 7.86. The third-order valence-electron chi connectivity index (χ3n) is 5.85. The van der Waals surface area contributed by atoms with Crippen LogP contribution in [0.25, 0.3) is 5.76 Å². The van der Waals surface area contributed by atoms with E-state index < -0.39 is 17.7 Å². The number of aromatic nitrogens is 3. The van der Waals surface area contributed by atoms with Gasteiger partial charge in [-0.05, 0) is 32.4 Å². The van der Waals surface area contributed by atoms with Crippen molar-refractivity contribution in [2.75, 3.05) is 39.4 Å². The minimum atomic E-state index is -0.736. The van der Waals surface area contributed by atoms with E-state index in [1.165, 1.54) is 4.90 Å². The van der Waals surface area contributed by atoms with E-state index in [4.69, 9.17) is 4.74 Å². The molecule has 4 heterocycles. The Morgan fingerprint density at radius 1 is 1.23 bits per heavy atom. The summed E-state index contributed by atoms with van der Waals surface area (Å²) < 4.78 is 5.38. The highest BCUT2D eigenvalue weighted by Gasteiger charge is 2.46. The molecule has 4 rings (SSSR count). The number of aliphatic hydroxyl groups excluding tert-OH is 1. The molecule has 0 unspecified atom stereocenters. The molecule has 9 nitrogen and oxygen atoms in total. The number of aliphatic hydroxyl groups is 1. The first-order valence-corrected chi connectivity index (χ1v) is 10.5. The quantitative estimate of drug-likeness (QED) is 0.410. The smallest absolute Gasteiger partial charge is 0.295 e. The summed E-state index contributed by atoms with van der Waals surface area (Å²) in [6, 6.07) is 4.62. The Balaban J connectivity index is 1.67. The van der Waals surface area contributed by atoms with Crippen molar-refractivity contribution in [1.29, 1.82) is 0 Å². The molecule has 1 amide bonds. The monoisotopic (exact) mass is 425 g/mol. The van der Waals surface area contributed by atoms with Crippen molar-refractivity contribution < 1.29 is 19.4 Å². The zero-order valence-corrected chi connectivity index (χ0v) is 17.8. The van der Waals surface area contributed by atoms with Crippen LogP contribution in [-0.4, -0.2) is 81.2 Å². The number of ketones is 1. The molecule has 2 N–H and O–H groups in total. The standard InChI is InChI=1S/C22H27N5O4/c1-14-17(15(2)25-24-14)20(28)18-19(16-6-3-4-7-23-16)27(22(30)21(18)29)9-5-8-26-10-12-31-13-11-26/h3-4,6-7,19,28H,5,8-13H2,1-2H3,(H,24,25)/t19-/m0/s1. The first-order valence-electron chi connectivity index (χ1n) is 10.5. The van der Waals surface area contributed by atoms with Gasteiger partial charge in [-0.25, -0.2) is 0 Å². The number of hydrogen-bond acceptors (Lipinski definition) is 7. The Labute approximate surface area is 180 Å². The second kappa shape index (κ2) is 8.99. The van der Waals surface area contributed by atoms with E-state index >= 15 is 0 Å². The van der Waals surface area contributed by atoms with Crippen molar-refractivity contribution in [3.8, 4) is 0 Å². The van der Waals surface area contributed by atoms with E-state index in [0.717, 1.165) is 19.6 Å². The number of aryl methyl sites for hydroxylation is 2. The number of nitrogens with one attached hydrogen (secondary N) is 1. The number of Topliss-reactive ketones (excluding diaryl/α,β-unsaturated/α-hetero) is 1. The topological polar surface area (TPSA) is 112 Å². The minimum absolute atomic E-state index is 0.0580. The fraction of sp³-hybridized carbons (Fsp3) is 0.455. The van der Waals surface area contributed by atoms with Gasteiger partial charge in [0.15, 0.2) is 0 Å². The van der Waals surface area contributed by atoms with Gasteiger partial charge in [0.25, 0.3) is 11.7 Å². The number of amides is 1. The molecule has 2 aromatic rings. The number of ether oxygens (including phenoxy) is 1. The molecule has 1 atom stereocenters. The molecule has 2 saturated heterocycles.